The molecule has 0 unspecified atom stereocenters. The maximum Gasteiger partial charge on any atom is 0.228 e. The lowest BCUT2D eigenvalue weighted by atomic mass is 10.3. The summed E-state index contributed by atoms with van der Waals surface area (Å²) in [6.07, 6.45) is 1.60. The number of nitrogens with two attached hydrogens (primary N) is 1. The second-order valence-electron chi connectivity index (χ2n) is 5.40. The maximum absolute atomic E-state index is 7.27. The highest BCUT2D eigenvalue weighted by atomic mass is 16.5. The van der Waals surface area contributed by atoms with Gasteiger partial charge in [0.15, 0.2) is 17.4 Å². The molecule has 0 aromatic carbocycles. The highest BCUT2D eigenvalue weighted by Gasteiger charge is 2.07. The quantitative estimate of drug-likeness (QED) is 0.382. The molecule has 26 heavy (non-hydrogen) atoms. The summed E-state index contributed by atoms with van der Waals surface area (Å²) in [5, 5.41) is 13.2. The van der Waals surface area contributed by atoms with Crippen LogP contribution in [-0.4, -0.2) is 33.3 Å². The van der Waals surface area contributed by atoms with Gasteiger partial charge in [0.1, 0.15) is 18.2 Å². The second-order valence-corrected chi connectivity index (χ2v) is 5.40. The van der Waals surface area contributed by atoms with Crippen LogP contribution >= 0.6 is 0 Å². The van der Waals surface area contributed by atoms with Gasteiger partial charge in [0.25, 0.3) is 0 Å². The summed E-state index contributed by atoms with van der Waals surface area (Å²) in [4.78, 5) is 11.9. The first-order chi connectivity index (χ1) is 12.7. The van der Waals surface area contributed by atoms with Gasteiger partial charge in [-0.3, -0.25) is 5.10 Å². The van der Waals surface area contributed by atoms with Gasteiger partial charge in [-0.15, -0.1) is 0 Å². The van der Waals surface area contributed by atoms with E-state index in [2.05, 4.69) is 35.6 Å². The van der Waals surface area contributed by atoms with Crippen molar-refractivity contribution in [1.29, 1.82) is 0 Å². The van der Waals surface area contributed by atoms with Crippen LogP contribution in [0.5, 0.6) is 5.75 Å². The minimum Gasteiger partial charge on any atom is -0.488 e. The van der Waals surface area contributed by atoms with Crippen molar-refractivity contribution < 1.29 is 4.74 Å². The Morgan fingerprint density at radius 2 is 2.19 bits per heavy atom. The summed E-state index contributed by atoms with van der Waals surface area (Å²) < 4.78 is 5.58. The van der Waals surface area contributed by atoms with Crippen molar-refractivity contribution in [2.24, 2.45) is 0 Å². The number of nitrogen functional groups attached to an aromatic ring is 1. The Balaban J connectivity index is 1.61. The number of rotatable bonds is 7. The molecule has 3 heterocycles. The molecule has 132 valence electrons. The Morgan fingerprint density at radius 3 is 2.92 bits per heavy atom. The van der Waals surface area contributed by atoms with Crippen LogP contribution < -0.4 is 21.1 Å². The van der Waals surface area contributed by atoms with Crippen LogP contribution in [0.15, 0.2) is 36.5 Å². The van der Waals surface area contributed by atoms with Crippen molar-refractivity contribution in [3.63, 3.8) is 0 Å². The number of anilines is 4. The van der Waals surface area contributed by atoms with E-state index in [0.29, 0.717) is 47.9 Å². The fraction of sp³-hybridized carbons (Fsp3) is 0.176. The van der Waals surface area contributed by atoms with Crippen molar-refractivity contribution in [2.75, 3.05) is 29.5 Å². The van der Waals surface area contributed by atoms with E-state index in [4.69, 9.17) is 17.0 Å². The summed E-state index contributed by atoms with van der Waals surface area (Å²) in [6.45, 7) is 9.99. The van der Waals surface area contributed by atoms with E-state index in [0.717, 1.165) is 5.69 Å². The molecule has 5 N–H and O–H groups in total. The predicted molar refractivity (Wildman–Crippen MR) is 99.7 cm³/mol. The van der Waals surface area contributed by atoms with Gasteiger partial charge in [0.2, 0.25) is 5.69 Å². The summed E-state index contributed by atoms with van der Waals surface area (Å²) in [5.41, 5.74) is 7.09. The van der Waals surface area contributed by atoms with Crippen molar-refractivity contribution in [2.45, 2.75) is 6.92 Å². The molecule has 3 aromatic heterocycles. The van der Waals surface area contributed by atoms with E-state index in [-0.39, 0.29) is 0 Å². The normalized spacial score (nSPS) is 10.2. The first-order valence-corrected chi connectivity index (χ1v) is 7.90. The van der Waals surface area contributed by atoms with Crippen LogP contribution in [0.1, 0.15) is 5.69 Å². The number of H-pyrrole nitrogens is 1. The SMILES string of the molecule is [C-]#[N+]c1ccc(Nc2cc(C)[nH]n2)nc1NCCOc1cccnc1N. The van der Waals surface area contributed by atoms with Crippen molar-refractivity contribution in [3.8, 4) is 5.75 Å². The number of pyridine rings is 2. The summed E-state index contributed by atoms with van der Waals surface area (Å²) in [7, 11) is 0. The van der Waals surface area contributed by atoms with Crippen molar-refractivity contribution in [3.05, 3.63) is 53.6 Å². The number of ether oxygens (including phenoxy) is 1. The second kappa shape index (κ2) is 7.85. The number of hydrogen-bond acceptors (Lipinski definition) is 7. The van der Waals surface area contributed by atoms with Gasteiger partial charge in [-0.1, -0.05) is 0 Å². The molecule has 0 amide bonds. The van der Waals surface area contributed by atoms with Crippen LogP contribution in [0, 0.1) is 13.5 Å². The first kappa shape index (κ1) is 17.0. The molecule has 0 spiro atoms. The Hall–Kier alpha value is -3.80. The fourth-order valence-corrected chi connectivity index (χ4v) is 2.21. The Labute approximate surface area is 150 Å². The Bertz CT molecular complexity index is 931. The molecule has 0 radical (unpaired) electrons. The molecule has 9 nitrogen and oxygen atoms in total. The van der Waals surface area contributed by atoms with Gasteiger partial charge >= 0.3 is 0 Å². The molecule has 3 rings (SSSR count). The lowest BCUT2D eigenvalue weighted by molar-refractivity contribution is 0.333. The Kier molecular flexibility index (Phi) is 5.14. The molecule has 0 aliphatic carbocycles. The summed E-state index contributed by atoms with van der Waals surface area (Å²) in [5.74, 6) is 2.58. The molecule has 0 atom stereocenters. The standard InChI is InChI=1S/C17H18N8O/c1-11-10-15(25-24-11)22-14-6-5-12(19-2)17(23-14)21-8-9-26-13-4-3-7-20-16(13)18/h3-7,10H,8-9H2,1H3,(H2,18,20)(H3,21,22,23,24,25). The molecule has 3 aromatic rings. The average molecular weight is 350 g/mol. The number of aromatic amines is 1. The molecular weight excluding hydrogens is 332 g/mol. The number of nitrogens with one attached hydrogen (secondary N) is 3. The molecule has 0 saturated carbocycles. The van der Waals surface area contributed by atoms with Gasteiger partial charge in [0.05, 0.1) is 6.57 Å². The largest absolute Gasteiger partial charge is 0.488 e. The van der Waals surface area contributed by atoms with Crippen LogP contribution in [0.25, 0.3) is 4.85 Å². The molecule has 0 fully saturated rings. The average Bonchev–Trinajstić information content (AvgIpc) is 3.05. The smallest absolute Gasteiger partial charge is 0.228 e. The zero-order chi connectivity index (χ0) is 18.4. The zero-order valence-electron chi connectivity index (χ0n) is 14.2. The predicted octanol–water partition coefficient (Wildman–Crippen LogP) is 2.88. The van der Waals surface area contributed by atoms with Crippen LogP contribution in [0.2, 0.25) is 0 Å². The molecule has 0 bridgehead atoms. The van der Waals surface area contributed by atoms with Crippen LogP contribution in [0.3, 0.4) is 0 Å². The third-order valence-corrected chi connectivity index (χ3v) is 3.41. The number of nitrogens with zero attached hydrogens (tertiary/aromatic N) is 4. The van der Waals surface area contributed by atoms with E-state index < -0.39 is 0 Å². The lowest BCUT2D eigenvalue weighted by Crippen LogP contribution is -2.13. The van der Waals surface area contributed by atoms with E-state index in [1.165, 1.54) is 0 Å². The lowest BCUT2D eigenvalue weighted by Gasteiger charge is -2.11. The molecular formula is C17H18N8O. The minimum absolute atomic E-state index is 0.341. The highest BCUT2D eigenvalue weighted by Crippen LogP contribution is 2.26. The molecule has 0 aliphatic heterocycles. The van der Waals surface area contributed by atoms with Crippen LogP contribution in [-0.2, 0) is 0 Å². The highest BCUT2D eigenvalue weighted by molar-refractivity contribution is 5.69. The molecule has 0 saturated heterocycles. The van der Waals surface area contributed by atoms with E-state index >= 15 is 0 Å². The van der Waals surface area contributed by atoms with Crippen molar-refractivity contribution in [1.82, 2.24) is 20.2 Å². The third kappa shape index (κ3) is 4.18. The Morgan fingerprint density at radius 1 is 1.31 bits per heavy atom. The van der Waals surface area contributed by atoms with Gasteiger partial charge in [-0.25, -0.2) is 14.8 Å². The third-order valence-electron chi connectivity index (χ3n) is 3.41. The van der Waals surface area contributed by atoms with E-state index in [1.807, 2.05) is 13.0 Å². The summed E-state index contributed by atoms with van der Waals surface area (Å²) >= 11 is 0. The number of aromatic nitrogens is 4. The van der Waals surface area contributed by atoms with E-state index in [9.17, 15) is 0 Å². The maximum atomic E-state index is 7.27. The summed E-state index contributed by atoms with van der Waals surface area (Å²) in [6, 6.07) is 8.80. The first-order valence-electron chi connectivity index (χ1n) is 7.90. The van der Waals surface area contributed by atoms with Gasteiger partial charge in [0, 0.05) is 24.5 Å². The monoisotopic (exact) mass is 350 g/mol. The van der Waals surface area contributed by atoms with Gasteiger partial charge in [-0.2, -0.15) is 5.10 Å². The fourth-order valence-electron chi connectivity index (χ4n) is 2.21. The van der Waals surface area contributed by atoms with Gasteiger partial charge in [-0.05, 0) is 31.2 Å². The minimum atomic E-state index is 0.341. The van der Waals surface area contributed by atoms with Crippen LogP contribution in [0.4, 0.5) is 29.0 Å². The molecule has 9 heteroatoms. The van der Waals surface area contributed by atoms with E-state index in [1.54, 1.807) is 30.5 Å². The zero-order valence-corrected chi connectivity index (χ0v) is 14.2. The van der Waals surface area contributed by atoms with Crippen molar-refractivity contribution >= 4 is 29.0 Å². The number of hydrogen-bond donors (Lipinski definition) is 4. The van der Waals surface area contributed by atoms with Gasteiger partial charge < -0.3 is 21.1 Å². The number of aryl methyl sites for hydroxylation is 1. The molecule has 0 aliphatic rings. The topological polar surface area (TPSA) is 118 Å².